The molecule has 0 saturated carbocycles. The van der Waals surface area contributed by atoms with E-state index in [0.717, 1.165) is 11.8 Å². The Labute approximate surface area is 141 Å². The predicted octanol–water partition coefficient (Wildman–Crippen LogP) is 5.09. The fourth-order valence-electron chi connectivity index (χ4n) is 3.51. The molecule has 0 aromatic carbocycles. The Morgan fingerprint density at radius 1 is 0.864 bits per heavy atom. The van der Waals surface area contributed by atoms with E-state index in [9.17, 15) is 0 Å². The molecule has 0 aromatic heterocycles. The normalized spacial score (nSPS) is 13.8. The maximum Gasteiger partial charge on any atom is 0.0913 e. The third kappa shape index (κ3) is 9.84. The number of nitrogens with one attached hydrogen (secondary N) is 1. The highest BCUT2D eigenvalue weighted by atomic mass is 15.4. The molecule has 22 heavy (non-hydrogen) atoms. The van der Waals surface area contributed by atoms with Gasteiger partial charge in [-0.2, -0.15) is 0 Å². The van der Waals surface area contributed by atoms with Crippen molar-refractivity contribution < 1.29 is 4.48 Å². The molecule has 0 fully saturated rings. The van der Waals surface area contributed by atoms with E-state index in [0.29, 0.717) is 0 Å². The summed E-state index contributed by atoms with van der Waals surface area (Å²) in [6.45, 7) is 21.7. The van der Waals surface area contributed by atoms with E-state index in [1.807, 2.05) is 0 Å². The number of likely N-dealkylation sites (N-methyl/N-ethyl adjacent to an activating group) is 1. The van der Waals surface area contributed by atoms with Crippen molar-refractivity contribution in [3.63, 3.8) is 0 Å². The molecule has 0 bridgehead atoms. The zero-order valence-electron chi connectivity index (χ0n) is 16.6. The lowest BCUT2D eigenvalue weighted by atomic mass is 9.98. The van der Waals surface area contributed by atoms with Gasteiger partial charge in [-0.15, -0.1) is 0 Å². The lowest BCUT2D eigenvalue weighted by Crippen LogP contribution is -2.53. The van der Waals surface area contributed by atoms with Gasteiger partial charge >= 0.3 is 0 Å². The van der Waals surface area contributed by atoms with Crippen LogP contribution in [0.1, 0.15) is 80.1 Å². The summed E-state index contributed by atoms with van der Waals surface area (Å²) in [6, 6.07) is 0. The second-order valence-electron chi connectivity index (χ2n) is 7.58. The second kappa shape index (κ2) is 13.4. The third-order valence-electron chi connectivity index (χ3n) is 5.41. The molecule has 0 aromatic rings. The fraction of sp³-hybridized carbons (Fsp3) is 1.00. The van der Waals surface area contributed by atoms with E-state index in [1.165, 1.54) is 82.3 Å². The maximum atomic E-state index is 3.69. The Morgan fingerprint density at radius 3 is 2.05 bits per heavy atom. The molecule has 134 valence electrons. The van der Waals surface area contributed by atoms with Gasteiger partial charge in [0.2, 0.25) is 0 Å². The summed E-state index contributed by atoms with van der Waals surface area (Å²) in [4.78, 5) is 0. The van der Waals surface area contributed by atoms with Gasteiger partial charge < -0.3 is 9.80 Å². The molecule has 0 radical (unpaired) electrons. The third-order valence-corrected chi connectivity index (χ3v) is 5.41. The summed E-state index contributed by atoms with van der Waals surface area (Å²) in [7, 11) is 0. The molecule has 1 N–H and O–H groups in total. The van der Waals surface area contributed by atoms with Crippen molar-refractivity contribution in [1.82, 2.24) is 5.32 Å². The zero-order valence-corrected chi connectivity index (χ0v) is 16.6. The van der Waals surface area contributed by atoms with Crippen LogP contribution in [0, 0.1) is 11.8 Å². The van der Waals surface area contributed by atoms with Gasteiger partial charge in [-0.25, -0.2) is 0 Å². The van der Waals surface area contributed by atoms with Crippen LogP contribution >= 0.6 is 0 Å². The van der Waals surface area contributed by atoms with Gasteiger partial charge in [0.1, 0.15) is 0 Å². The van der Waals surface area contributed by atoms with Crippen LogP contribution in [0.3, 0.4) is 0 Å². The van der Waals surface area contributed by atoms with Crippen LogP contribution < -0.4 is 5.32 Å². The molecule has 0 spiro atoms. The maximum absolute atomic E-state index is 3.69. The molecule has 0 aliphatic rings. The molecule has 0 amide bonds. The number of nitrogens with zero attached hydrogens (tertiary/aromatic N) is 1. The van der Waals surface area contributed by atoms with Gasteiger partial charge in [0.05, 0.1) is 26.2 Å². The molecule has 1 atom stereocenters. The van der Waals surface area contributed by atoms with Crippen LogP contribution in [-0.2, 0) is 0 Å². The van der Waals surface area contributed by atoms with Crippen LogP contribution in [0.4, 0.5) is 0 Å². The van der Waals surface area contributed by atoms with Crippen LogP contribution in [0.5, 0.6) is 0 Å². The van der Waals surface area contributed by atoms with Crippen LogP contribution in [0.25, 0.3) is 0 Å². The van der Waals surface area contributed by atoms with Crippen molar-refractivity contribution in [2.45, 2.75) is 80.1 Å². The quantitative estimate of drug-likeness (QED) is 0.328. The van der Waals surface area contributed by atoms with Gasteiger partial charge in [-0.1, -0.05) is 47.0 Å². The average Bonchev–Trinajstić information content (AvgIpc) is 2.51. The number of hydrogen-bond acceptors (Lipinski definition) is 1. The van der Waals surface area contributed by atoms with Crippen LogP contribution in [-0.4, -0.2) is 43.8 Å². The fourth-order valence-corrected chi connectivity index (χ4v) is 3.51. The van der Waals surface area contributed by atoms with E-state index in [-0.39, 0.29) is 0 Å². The summed E-state index contributed by atoms with van der Waals surface area (Å²) in [6.07, 6.45) is 8.17. The van der Waals surface area contributed by atoms with Crippen molar-refractivity contribution in [2.75, 3.05) is 39.3 Å². The number of quaternary nitrogens is 1. The average molecular weight is 314 g/mol. The monoisotopic (exact) mass is 313 g/mol. The molecule has 1 unspecified atom stereocenters. The Bertz CT molecular complexity index is 234. The number of unbranched alkanes of at least 4 members (excludes halogenated alkanes) is 1. The molecule has 2 nitrogen and oxygen atoms in total. The van der Waals surface area contributed by atoms with Gasteiger partial charge in [-0.3, -0.25) is 0 Å². The first-order chi connectivity index (χ1) is 10.5. The Hall–Kier alpha value is -0.0800. The minimum atomic E-state index is 0.856. The lowest BCUT2D eigenvalue weighted by molar-refractivity contribution is -0.927. The number of hydrogen-bond donors (Lipinski definition) is 1. The number of rotatable bonds is 15. The topological polar surface area (TPSA) is 12.0 Å². The minimum Gasteiger partial charge on any atom is -0.323 e. The van der Waals surface area contributed by atoms with Crippen molar-refractivity contribution in [3.8, 4) is 0 Å². The predicted molar refractivity (Wildman–Crippen MR) is 101 cm³/mol. The summed E-state index contributed by atoms with van der Waals surface area (Å²) in [5.74, 6) is 1.77. The summed E-state index contributed by atoms with van der Waals surface area (Å²) in [5.41, 5.74) is 0. The molecule has 0 rings (SSSR count). The highest BCUT2D eigenvalue weighted by molar-refractivity contribution is 4.58. The molecule has 0 aliphatic heterocycles. The summed E-state index contributed by atoms with van der Waals surface area (Å²) in [5, 5.41) is 3.69. The smallest absolute Gasteiger partial charge is 0.0913 e. The van der Waals surface area contributed by atoms with Crippen molar-refractivity contribution >= 4 is 0 Å². The van der Waals surface area contributed by atoms with Gasteiger partial charge in [-0.05, 0) is 45.6 Å². The van der Waals surface area contributed by atoms with Gasteiger partial charge in [0, 0.05) is 12.5 Å². The first-order valence-corrected chi connectivity index (χ1v) is 10.1. The molecule has 0 heterocycles. The van der Waals surface area contributed by atoms with E-state index >= 15 is 0 Å². The van der Waals surface area contributed by atoms with Crippen molar-refractivity contribution in [2.24, 2.45) is 11.8 Å². The highest BCUT2D eigenvalue weighted by Gasteiger charge is 2.26. The Morgan fingerprint density at radius 2 is 1.55 bits per heavy atom. The van der Waals surface area contributed by atoms with Crippen molar-refractivity contribution in [1.29, 1.82) is 0 Å². The van der Waals surface area contributed by atoms with E-state index in [4.69, 9.17) is 0 Å². The Balaban J connectivity index is 4.06. The van der Waals surface area contributed by atoms with E-state index < -0.39 is 0 Å². The SMILES string of the molecule is CCCC(CC)C[N+](CC)(CC)CCNCCCCC(C)C. The first-order valence-electron chi connectivity index (χ1n) is 10.1. The molecular weight excluding hydrogens is 268 g/mol. The largest absolute Gasteiger partial charge is 0.323 e. The van der Waals surface area contributed by atoms with Gasteiger partial charge in [0.15, 0.2) is 0 Å². The molecule has 0 aliphatic carbocycles. The van der Waals surface area contributed by atoms with E-state index in [1.54, 1.807) is 0 Å². The van der Waals surface area contributed by atoms with Gasteiger partial charge in [0.25, 0.3) is 0 Å². The van der Waals surface area contributed by atoms with Crippen molar-refractivity contribution in [3.05, 3.63) is 0 Å². The van der Waals surface area contributed by atoms with Crippen LogP contribution in [0.15, 0.2) is 0 Å². The van der Waals surface area contributed by atoms with E-state index in [2.05, 4.69) is 46.9 Å². The zero-order chi connectivity index (χ0) is 16.8. The minimum absolute atomic E-state index is 0.856. The van der Waals surface area contributed by atoms with Crippen LogP contribution in [0.2, 0.25) is 0 Å². The first kappa shape index (κ1) is 21.9. The highest BCUT2D eigenvalue weighted by Crippen LogP contribution is 2.18. The lowest BCUT2D eigenvalue weighted by Gasteiger charge is -2.39. The molecule has 0 saturated heterocycles. The summed E-state index contributed by atoms with van der Waals surface area (Å²) >= 11 is 0. The summed E-state index contributed by atoms with van der Waals surface area (Å²) < 4.78 is 1.30. The second-order valence-corrected chi connectivity index (χ2v) is 7.58. The standard InChI is InChI=1S/C20H45N2/c1-7-13-20(8-2)18-22(9-3,10-4)17-16-21-15-12-11-14-19(5)6/h19-21H,7-18H2,1-6H3/q+1. The Kier molecular flexibility index (Phi) is 13.3. The molecule has 2 heteroatoms. The molecular formula is C20H45N2+.